The summed E-state index contributed by atoms with van der Waals surface area (Å²) in [5.41, 5.74) is -0.216. The van der Waals surface area contributed by atoms with Gasteiger partial charge in [-0.2, -0.15) is 0 Å². The molecule has 0 saturated heterocycles. The van der Waals surface area contributed by atoms with Crippen LogP contribution in [0.3, 0.4) is 0 Å². The van der Waals surface area contributed by atoms with E-state index in [1.165, 1.54) is 10.4 Å². The van der Waals surface area contributed by atoms with E-state index in [2.05, 4.69) is 69.3 Å². The third kappa shape index (κ3) is 8.02. The molecule has 0 unspecified atom stereocenters. The standard InChI is InChI=1S/C33H46O5Si/c1-26(24-37-25-27-17-19-28(36-6)20-18-27)23-31(34)33(5,35)21-22-38-39(32(2,3)4,29-13-9-7-10-14-29)30-15-11-8-12-16-30/h7-20,26,31,34-35H,21-25H2,1-6H3/t26-,31+,33+/m0/s1. The topological polar surface area (TPSA) is 68.2 Å². The molecule has 5 nitrogen and oxygen atoms in total. The van der Waals surface area contributed by atoms with E-state index in [0.717, 1.165) is 11.3 Å². The van der Waals surface area contributed by atoms with Crippen LogP contribution in [-0.4, -0.2) is 50.6 Å². The predicted molar refractivity (Wildman–Crippen MR) is 161 cm³/mol. The average molecular weight is 551 g/mol. The molecule has 2 N–H and O–H groups in total. The molecule has 0 fully saturated rings. The predicted octanol–water partition coefficient (Wildman–Crippen LogP) is 5.32. The van der Waals surface area contributed by atoms with Crippen molar-refractivity contribution in [3.05, 3.63) is 90.5 Å². The van der Waals surface area contributed by atoms with Crippen LogP contribution in [0, 0.1) is 5.92 Å². The fourth-order valence-electron chi connectivity index (χ4n) is 5.14. The summed E-state index contributed by atoms with van der Waals surface area (Å²) in [4.78, 5) is 0. The number of ether oxygens (including phenoxy) is 2. The molecule has 0 aliphatic rings. The third-order valence-electron chi connectivity index (χ3n) is 7.52. The molecule has 3 rings (SSSR count). The Labute approximate surface area is 235 Å². The Bertz CT molecular complexity index is 1070. The average Bonchev–Trinajstić information content (AvgIpc) is 2.91. The van der Waals surface area contributed by atoms with Crippen LogP contribution in [0.4, 0.5) is 0 Å². The molecule has 3 aromatic rings. The number of hydrogen-bond acceptors (Lipinski definition) is 5. The van der Waals surface area contributed by atoms with Crippen molar-refractivity contribution in [1.82, 2.24) is 0 Å². The van der Waals surface area contributed by atoms with Crippen molar-refractivity contribution in [1.29, 1.82) is 0 Å². The molecule has 3 atom stereocenters. The summed E-state index contributed by atoms with van der Waals surface area (Å²) in [7, 11) is -1.04. The van der Waals surface area contributed by atoms with E-state index in [4.69, 9.17) is 13.9 Å². The normalized spacial score (nSPS) is 15.4. The highest BCUT2D eigenvalue weighted by Crippen LogP contribution is 2.37. The summed E-state index contributed by atoms with van der Waals surface area (Å²) in [6, 6.07) is 28.7. The minimum Gasteiger partial charge on any atom is -0.497 e. The van der Waals surface area contributed by atoms with Gasteiger partial charge in [0, 0.05) is 19.6 Å². The number of hydrogen-bond donors (Lipinski definition) is 2. The minimum absolute atomic E-state index is 0.0855. The van der Waals surface area contributed by atoms with Gasteiger partial charge in [-0.3, -0.25) is 0 Å². The lowest BCUT2D eigenvalue weighted by Crippen LogP contribution is -2.66. The molecule has 3 aromatic carbocycles. The van der Waals surface area contributed by atoms with E-state index in [9.17, 15) is 10.2 Å². The Morgan fingerprint density at radius 2 is 1.36 bits per heavy atom. The lowest BCUT2D eigenvalue weighted by Gasteiger charge is -2.43. The summed E-state index contributed by atoms with van der Waals surface area (Å²) in [5.74, 6) is 0.902. The van der Waals surface area contributed by atoms with Crippen LogP contribution in [-0.2, 0) is 15.8 Å². The molecule has 0 aromatic heterocycles. The Hall–Kier alpha value is -2.48. The largest absolute Gasteiger partial charge is 0.497 e. The maximum absolute atomic E-state index is 11.3. The molecule has 0 bridgehead atoms. The Morgan fingerprint density at radius 3 is 1.85 bits per heavy atom. The summed E-state index contributed by atoms with van der Waals surface area (Å²) in [6.45, 7) is 11.8. The first kappa shape index (κ1) is 31.0. The van der Waals surface area contributed by atoms with Gasteiger partial charge in [0.15, 0.2) is 0 Å². The number of benzene rings is 3. The first-order valence-electron chi connectivity index (χ1n) is 13.9. The van der Waals surface area contributed by atoms with Crippen LogP contribution in [0.15, 0.2) is 84.9 Å². The summed E-state index contributed by atoms with van der Waals surface area (Å²) < 4.78 is 18.0. The molecule has 0 spiro atoms. The van der Waals surface area contributed by atoms with Crippen molar-refractivity contribution in [2.24, 2.45) is 5.92 Å². The Balaban J connectivity index is 1.62. The van der Waals surface area contributed by atoms with Gasteiger partial charge in [-0.25, -0.2) is 0 Å². The van der Waals surface area contributed by atoms with Crippen molar-refractivity contribution >= 4 is 18.7 Å². The molecule has 212 valence electrons. The van der Waals surface area contributed by atoms with Crippen molar-refractivity contribution in [2.45, 2.75) is 70.8 Å². The number of rotatable bonds is 14. The van der Waals surface area contributed by atoms with Crippen molar-refractivity contribution in [3.63, 3.8) is 0 Å². The van der Waals surface area contributed by atoms with Gasteiger partial charge in [-0.05, 0) is 52.4 Å². The molecular weight excluding hydrogens is 504 g/mol. The van der Waals surface area contributed by atoms with Gasteiger partial charge in [-0.1, -0.05) is 100 Å². The van der Waals surface area contributed by atoms with Crippen LogP contribution in [0.1, 0.15) is 53.0 Å². The van der Waals surface area contributed by atoms with E-state index in [0.29, 0.717) is 32.7 Å². The molecular formula is C33H46O5Si. The monoisotopic (exact) mass is 550 g/mol. The summed E-state index contributed by atoms with van der Waals surface area (Å²) >= 11 is 0. The van der Waals surface area contributed by atoms with E-state index >= 15 is 0 Å². The minimum atomic E-state index is -2.69. The molecule has 0 amide bonds. The van der Waals surface area contributed by atoms with Crippen LogP contribution in [0.2, 0.25) is 5.04 Å². The van der Waals surface area contributed by atoms with Crippen molar-refractivity contribution < 1.29 is 24.1 Å². The van der Waals surface area contributed by atoms with Crippen LogP contribution in [0.5, 0.6) is 5.75 Å². The number of aliphatic hydroxyl groups excluding tert-OH is 1. The fourth-order valence-corrected chi connectivity index (χ4v) is 9.71. The van der Waals surface area contributed by atoms with E-state index in [1.54, 1.807) is 14.0 Å². The fraction of sp³-hybridized carbons (Fsp3) is 0.455. The van der Waals surface area contributed by atoms with Gasteiger partial charge < -0.3 is 24.1 Å². The molecule has 0 aliphatic heterocycles. The van der Waals surface area contributed by atoms with E-state index in [1.807, 2.05) is 43.3 Å². The van der Waals surface area contributed by atoms with Crippen LogP contribution < -0.4 is 15.1 Å². The van der Waals surface area contributed by atoms with Gasteiger partial charge >= 0.3 is 0 Å². The SMILES string of the molecule is COc1ccc(COC[C@@H](C)C[C@@H](O)[C@](C)(O)CCO[Si](c2ccccc2)(c2ccccc2)C(C)(C)C)cc1. The maximum Gasteiger partial charge on any atom is 0.261 e. The second-order valence-electron chi connectivity index (χ2n) is 11.8. The lowest BCUT2D eigenvalue weighted by molar-refractivity contribution is -0.0850. The molecule has 0 radical (unpaired) electrons. The molecule has 6 heteroatoms. The van der Waals surface area contributed by atoms with Gasteiger partial charge in [0.25, 0.3) is 8.32 Å². The van der Waals surface area contributed by atoms with Crippen LogP contribution in [0.25, 0.3) is 0 Å². The lowest BCUT2D eigenvalue weighted by atomic mass is 9.89. The second-order valence-corrected chi connectivity index (χ2v) is 16.1. The Morgan fingerprint density at radius 1 is 0.821 bits per heavy atom. The van der Waals surface area contributed by atoms with Crippen molar-refractivity contribution in [3.8, 4) is 5.75 Å². The van der Waals surface area contributed by atoms with Gasteiger partial charge in [0.05, 0.1) is 25.4 Å². The number of methoxy groups -OCH3 is 1. The number of aliphatic hydroxyl groups is 2. The summed E-state index contributed by atoms with van der Waals surface area (Å²) in [6.07, 6.45) is -0.118. The quantitative estimate of drug-likeness (QED) is 0.266. The highest BCUT2D eigenvalue weighted by atomic mass is 28.4. The zero-order chi connectivity index (χ0) is 28.5. The highest BCUT2D eigenvalue weighted by molar-refractivity contribution is 6.99. The zero-order valence-electron chi connectivity index (χ0n) is 24.4. The van der Waals surface area contributed by atoms with Gasteiger partial charge in [0.2, 0.25) is 0 Å². The van der Waals surface area contributed by atoms with Gasteiger partial charge in [-0.15, -0.1) is 0 Å². The van der Waals surface area contributed by atoms with E-state index in [-0.39, 0.29) is 11.0 Å². The molecule has 0 saturated carbocycles. The van der Waals surface area contributed by atoms with Gasteiger partial charge in [0.1, 0.15) is 5.75 Å². The second kappa shape index (κ2) is 13.7. The first-order chi connectivity index (χ1) is 18.5. The molecule has 39 heavy (non-hydrogen) atoms. The van der Waals surface area contributed by atoms with E-state index < -0.39 is 20.0 Å². The summed E-state index contributed by atoms with van der Waals surface area (Å²) in [5, 5.41) is 24.5. The maximum atomic E-state index is 11.3. The van der Waals surface area contributed by atoms with Crippen molar-refractivity contribution in [2.75, 3.05) is 20.3 Å². The zero-order valence-corrected chi connectivity index (χ0v) is 25.4. The third-order valence-corrected chi connectivity index (χ3v) is 12.6. The van der Waals surface area contributed by atoms with Crippen LogP contribution >= 0.6 is 0 Å². The molecule has 0 aliphatic carbocycles. The molecule has 0 heterocycles. The Kier molecular flexibility index (Phi) is 10.9. The smallest absolute Gasteiger partial charge is 0.261 e. The highest BCUT2D eigenvalue weighted by Gasteiger charge is 2.50. The first-order valence-corrected chi connectivity index (χ1v) is 15.8.